The Kier molecular flexibility index (Phi) is 6.23. The largest absolute Gasteiger partial charge is 0.495 e. The molecule has 0 bridgehead atoms. The average Bonchev–Trinajstić information content (AvgIpc) is 2.77. The molecule has 4 rings (SSSR count). The molecular weight excluding hydrogens is 394 g/mol. The van der Waals surface area contributed by atoms with Gasteiger partial charge < -0.3 is 25.8 Å². The molecule has 4 N–H and O–H groups in total. The summed E-state index contributed by atoms with van der Waals surface area (Å²) in [6.45, 7) is 2.35. The van der Waals surface area contributed by atoms with E-state index in [4.69, 9.17) is 15.2 Å². The molecule has 0 aliphatic carbocycles. The van der Waals surface area contributed by atoms with E-state index in [1.807, 2.05) is 24.3 Å². The Bertz CT molecular complexity index is 1130. The number of pyridine rings is 1. The van der Waals surface area contributed by atoms with Crippen molar-refractivity contribution in [3.05, 3.63) is 48.4 Å². The number of hydrogen-bond acceptors (Lipinski definition) is 9. The number of aromatic nitrogens is 3. The van der Waals surface area contributed by atoms with Gasteiger partial charge in [0.15, 0.2) is 5.82 Å². The number of fused-ring (bicyclic) bond motifs is 1. The standard InChI is InChI=1S/C22H25N7O2/c1-24-10-17(8-23)15-3-4-18(19(7-15)30-2)28-22-27-11-16-5-6-25-21(20(16)29-22)26-9-14-12-31-13-14/h3-8,10-11,14H,9,12-13,23H2,1-2H3,(H,25,26)(H,27,28,29). The quantitative estimate of drug-likeness (QED) is 0.477. The lowest BCUT2D eigenvalue weighted by Crippen LogP contribution is -2.33. The highest BCUT2D eigenvalue weighted by Crippen LogP contribution is 2.30. The second-order valence-electron chi connectivity index (χ2n) is 7.12. The summed E-state index contributed by atoms with van der Waals surface area (Å²) in [5, 5.41) is 7.53. The molecular formula is C22H25N7O2. The normalized spacial score (nSPS) is 14.6. The summed E-state index contributed by atoms with van der Waals surface area (Å²) in [7, 11) is 3.31. The van der Waals surface area contributed by atoms with Crippen LogP contribution >= 0.6 is 0 Å². The van der Waals surface area contributed by atoms with E-state index >= 15 is 0 Å². The van der Waals surface area contributed by atoms with Crippen molar-refractivity contribution in [1.29, 1.82) is 0 Å². The number of hydrogen-bond donors (Lipinski definition) is 3. The number of ether oxygens (including phenoxy) is 2. The Morgan fingerprint density at radius 1 is 1.32 bits per heavy atom. The first-order valence-electron chi connectivity index (χ1n) is 9.94. The van der Waals surface area contributed by atoms with Crippen LogP contribution in [0.3, 0.4) is 0 Å². The van der Waals surface area contributed by atoms with Crippen LogP contribution in [-0.2, 0) is 4.74 Å². The minimum absolute atomic E-state index is 0.450. The van der Waals surface area contributed by atoms with E-state index < -0.39 is 0 Å². The van der Waals surface area contributed by atoms with Crippen molar-refractivity contribution in [2.45, 2.75) is 0 Å². The molecule has 0 spiro atoms. The van der Waals surface area contributed by atoms with Gasteiger partial charge in [0.05, 0.1) is 26.0 Å². The van der Waals surface area contributed by atoms with E-state index in [2.05, 4.69) is 30.6 Å². The minimum Gasteiger partial charge on any atom is -0.495 e. The summed E-state index contributed by atoms with van der Waals surface area (Å²) in [5.41, 5.74) is 8.90. The predicted octanol–water partition coefficient (Wildman–Crippen LogP) is 2.84. The van der Waals surface area contributed by atoms with E-state index in [0.717, 1.165) is 53.3 Å². The zero-order chi connectivity index (χ0) is 21.6. The Labute approximate surface area is 180 Å². The van der Waals surface area contributed by atoms with Gasteiger partial charge >= 0.3 is 0 Å². The molecule has 1 aliphatic rings. The van der Waals surface area contributed by atoms with Crippen molar-refractivity contribution in [3.8, 4) is 5.75 Å². The minimum atomic E-state index is 0.450. The smallest absolute Gasteiger partial charge is 0.227 e. The maximum Gasteiger partial charge on any atom is 0.227 e. The topological polar surface area (TPSA) is 120 Å². The van der Waals surface area contributed by atoms with Crippen LogP contribution in [-0.4, -0.2) is 55.1 Å². The van der Waals surface area contributed by atoms with E-state index in [1.165, 1.54) is 6.20 Å². The Morgan fingerprint density at radius 2 is 2.19 bits per heavy atom. The fraction of sp³-hybridized carbons (Fsp3) is 0.273. The molecule has 0 saturated carbocycles. The van der Waals surface area contributed by atoms with Crippen molar-refractivity contribution in [2.24, 2.45) is 16.6 Å². The van der Waals surface area contributed by atoms with E-state index in [-0.39, 0.29) is 0 Å². The van der Waals surface area contributed by atoms with Crippen LogP contribution in [0.5, 0.6) is 5.75 Å². The third kappa shape index (κ3) is 4.56. The number of nitrogens with one attached hydrogen (secondary N) is 2. The van der Waals surface area contributed by atoms with Crippen molar-refractivity contribution >= 4 is 40.1 Å². The van der Waals surface area contributed by atoms with Gasteiger partial charge in [-0.05, 0) is 23.8 Å². The molecule has 3 aromatic rings. The Morgan fingerprint density at radius 3 is 2.90 bits per heavy atom. The van der Waals surface area contributed by atoms with Crippen LogP contribution in [0.2, 0.25) is 0 Å². The average molecular weight is 419 g/mol. The third-order valence-electron chi connectivity index (χ3n) is 4.99. The highest BCUT2D eigenvalue weighted by Gasteiger charge is 2.18. The number of aliphatic imine (C=N–C) groups is 1. The summed E-state index contributed by atoms with van der Waals surface area (Å²) in [4.78, 5) is 17.6. The zero-order valence-electron chi connectivity index (χ0n) is 17.5. The summed E-state index contributed by atoms with van der Waals surface area (Å²) in [6, 6.07) is 7.61. The molecule has 0 amide bonds. The molecule has 1 aliphatic heterocycles. The Balaban J connectivity index is 1.60. The fourth-order valence-electron chi connectivity index (χ4n) is 3.24. The van der Waals surface area contributed by atoms with Gasteiger partial charge in [0, 0.05) is 55.3 Å². The SMILES string of the molecule is CN=CC(=CN)c1ccc(Nc2ncc3ccnc(NCC4COC4)c3n2)c(OC)c1. The fourth-order valence-corrected chi connectivity index (χ4v) is 3.24. The molecule has 3 heterocycles. The van der Waals surface area contributed by atoms with Gasteiger partial charge in [0.1, 0.15) is 11.3 Å². The van der Waals surface area contributed by atoms with Gasteiger partial charge in [0.25, 0.3) is 0 Å². The van der Waals surface area contributed by atoms with Crippen molar-refractivity contribution in [2.75, 3.05) is 44.5 Å². The summed E-state index contributed by atoms with van der Waals surface area (Å²) < 4.78 is 10.8. The molecule has 1 fully saturated rings. The number of methoxy groups -OCH3 is 1. The van der Waals surface area contributed by atoms with Crippen LogP contribution in [0, 0.1) is 5.92 Å². The number of allylic oxidation sites excluding steroid dienone is 1. The molecule has 0 radical (unpaired) electrons. The first kappa shape index (κ1) is 20.5. The molecule has 9 heteroatoms. The second-order valence-corrected chi connectivity index (χ2v) is 7.12. The van der Waals surface area contributed by atoms with Gasteiger partial charge in [-0.25, -0.2) is 15.0 Å². The van der Waals surface area contributed by atoms with Crippen LogP contribution in [0.15, 0.2) is 47.9 Å². The third-order valence-corrected chi connectivity index (χ3v) is 4.99. The first-order valence-corrected chi connectivity index (χ1v) is 9.94. The molecule has 2 aromatic heterocycles. The van der Waals surface area contributed by atoms with E-state index in [1.54, 1.807) is 32.8 Å². The first-order chi connectivity index (χ1) is 15.2. The lowest BCUT2D eigenvalue weighted by atomic mass is 10.1. The molecule has 9 nitrogen and oxygen atoms in total. The number of nitrogens with two attached hydrogens (primary N) is 1. The monoisotopic (exact) mass is 419 g/mol. The number of nitrogens with zero attached hydrogens (tertiary/aromatic N) is 4. The molecule has 0 unspecified atom stereocenters. The van der Waals surface area contributed by atoms with Gasteiger partial charge in [-0.15, -0.1) is 0 Å². The van der Waals surface area contributed by atoms with Crippen LogP contribution < -0.4 is 21.1 Å². The van der Waals surface area contributed by atoms with Crippen molar-refractivity contribution in [3.63, 3.8) is 0 Å². The van der Waals surface area contributed by atoms with Crippen molar-refractivity contribution in [1.82, 2.24) is 15.0 Å². The number of anilines is 3. The van der Waals surface area contributed by atoms with Crippen molar-refractivity contribution < 1.29 is 9.47 Å². The van der Waals surface area contributed by atoms with Gasteiger partial charge in [0.2, 0.25) is 5.95 Å². The van der Waals surface area contributed by atoms with E-state index in [9.17, 15) is 0 Å². The summed E-state index contributed by atoms with van der Waals surface area (Å²) in [5.74, 6) is 2.32. The van der Waals surface area contributed by atoms with Crippen LogP contribution in [0.4, 0.5) is 17.5 Å². The van der Waals surface area contributed by atoms with E-state index in [0.29, 0.717) is 17.6 Å². The maximum atomic E-state index is 5.72. The molecule has 31 heavy (non-hydrogen) atoms. The summed E-state index contributed by atoms with van der Waals surface area (Å²) in [6.07, 6.45) is 6.74. The van der Waals surface area contributed by atoms with Gasteiger partial charge in [-0.3, -0.25) is 4.99 Å². The summed E-state index contributed by atoms with van der Waals surface area (Å²) >= 11 is 0. The molecule has 1 aromatic carbocycles. The lowest BCUT2D eigenvalue weighted by Gasteiger charge is -2.26. The predicted molar refractivity (Wildman–Crippen MR) is 123 cm³/mol. The lowest BCUT2D eigenvalue weighted by molar-refractivity contribution is -0.0248. The maximum absolute atomic E-state index is 5.72. The molecule has 160 valence electrons. The molecule has 1 saturated heterocycles. The highest BCUT2D eigenvalue weighted by molar-refractivity contribution is 6.09. The van der Waals surface area contributed by atoms with Crippen LogP contribution in [0.1, 0.15) is 5.56 Å². The van der Waals surface area contributed by atoms with Gasteiger partial charge in [-0.2, -0.15) is 0 Å². The molecule has 0 atom stereocenters. The second kappa shape index (κ2) is 9.40. The van der Waals surface area contributed by atoms with Gasteiger partial charge in [-0.1, -0.05) is 6.07 Å². The highest BCUT2D eigenvalue weighted by atomic mass is 16.5. The number of rotatable bonds is 8. The van der Waals surface area contributed by atoms with Crippen LogP contribution in [0.25, 0.3) is 16.5 Å². The Hall–Kier alpha value is -3.72. The number of benzene rings is 1. The zero-order valence-corrected chi connectivity index (χ0v) is 17.5.